The van der Waals surface area contributed by atoms with Crippen molar-refractivity contribution in [2.75, 3.05) is 0 Å². The first-order valence-electron chi connectivity index (χ1n) is 4.87. The van der Waals surface area contributed by atoms with Crippen LogP contribution in [-0.4, -0.2) is 0 Å². The first kappa shape index (κ1) is 10.5. The Morgan fingerprint density at radius 3 is 2.57 bits per heavy atom. The summed E-state index contributed by atoms with van der Waals surface area (Å²) in [6.07, 6.45) is 9.18. The van der Waals surface area contributed by atoms with Crippen LogP contribution in [0.3, 0.4) is 0 Å². The quantitative estimate of drug-likeness (QED) is 0.485. The van der Waals surface area contributed by atoms with E-state index in [0.717, 1.165) is 6.42 Å². The lowest BCUT2D eigenvalue weighted by Crippen LogP contribution is -1.79. The highest BCUT2D eigenvalue weighted by molar-refractivity contribution is 5.73. The minimum absolute atomic E-state index is 0.911. The molecule has 0 aliphatic rings. The Balaban J connectivity index is 2.94. The van der Waals surface area contributed by atoms with Crippen molar-refractivity contribution in [2.24, 2.45) is 0 Å². The van der Waals surface area contributed by atoms with E-state index < -0.39 is 0 Å². The second kappa shape index (κ2) is 5.98. The molecule has 0 aromatic heterocycles. The summed E-state index contributed by atoms with van der Waals surface area (Å²) in [5, 5.41) is 0. The summed E-state index contributed by atoms with van der Waals surface area (Å²) in [7, 11) is 0. The fourth-order valence-corrected chi connectivity index (χ4v) is 1.30. The highest BCUT2D eigenvalue weighted by Crippen LogP contribution is 2.16. The molecule has 0 atom stereocenters. The third-order valence-electron chi connectivity index (χ3n) is 1.96. The van der Waals surface area contributed by atoms with Crippen LogP contribution < -0.4 is 0 Å². The minimum atomic E-state index is 0.911. The van der Waals surface area contributed by atoms with Gasteiger partial charge in [0.1, 0.15) is 0 Å². The van der Waals surface area contributed by atoms with Crippen molar-refractivity contribution in [1.29, 1.82) is 0 Å². The Hall–Kier alpha value is -1.56. The predicted octanol–water partition coefficient (Wildman–Crippen LogP) is 4.22. The first-order chi connectivity index (χ1) is 6.88. The molecule has 1 aromatic rings. The van der Waals surface area contributed by atoms with E-state index in [9.17, 15) is 0 Å². The van der Waals surface area contributed by atoms with Crippen molar-refractivity contribution in [2.45, 2.75) is 13.3 Å². The van der Waals surface area contributed by atoms with Crippen LogP contribution in [0.5, 0.6) is 0 Å². The van der Waals surface area contributed by atoms with Gasteiger partial charge < -0.3 is 0 Å². The number of benzene rings is 1. The Kier molecular flexibility index (Phi) is 4.49. The van der Waals surface area contributed by atoms with Crippen molar-refractivity contribution in [3.8, 4) is 0 Å². The lowest BCUT2D eigenvalue weighted by atomic mass is 10.0. The highest BCUT2D eigenvalue weighted by Gasteiger charge is 1.94. The Bertz CT molecular complexity index is 328. The molecular weight excluding hydrogens is 168 g/mol. The van der Waals surface area contributed by atoms with E-state index >= 15 is 0 Å². The molecular formula is C14H16. The van der Waals surface area contributed by atoms with Crippen molar-refractivity contribution in [3.63, 3.8) is 0 Å². The van der Waals surface area contributed by atoms with Crippen LogP contribution in [-0.2, 0) is 0 Å². The summed E-state index contributed by atoms with van der Waals surface area (Å²) in [5.41, 5.74) is 2.51. The van der Waals surface area contributed by atoms with Crippen LogP contribution in [0.4, 0.5) is 0 Å². The molecule has 14 heavy (non-hydrogen) atoms. The molecule has 0 fully saturated rings. The van der Waals surface area contributed by atoms with E-state index in [1.165, 1.54) is 11.1 Å². The van der Waals surface area contributed by atoms with E-state index in [1.807, 2.05) is 19.1 Å². The van der Waals surface area contributed by atoms with Crippen molar-refractivity contribution < 1.29 is 0 Å². The van der Waals surface area contributed by atoms with Gasteiger partial charge in [0.15, 0.2) is 0 Å². The third kappa shape index (κ3) is 3.06. The fourth-order valence-electron chi connectivity index (χ4n) is 1.30. The predicted molar refractivity (Wildman–Crippen MR) is 64.0 cm³/mol. The van der Waals surface area contributed by atoms with Gasteiger partial charge in [-0.3, -0.25) is 0 Å². The van der Waals surface area contributed by atoms with Crippen LogP contribution in [0.2, 0.25) is 0 Å². The van der Waals surface area contributed by atoms with E-state index in [-0.39, 0.29) is 0 Å². The molecule has 0 aliphatic carbocycles. The molecule has 0 unspecified atom stereocenters. The smallest absolute Gasteiger partial charge is 0.0163 e. The normalized spacial score (nSPS) is 11.9. The van der Waals surface area contributed by atoms with Crippen molar-refractivity contribution >= 4 is 5.57 Å². The van der Waals surface area contributed by atoms with E-state index in [1.54, 1.807) is 0 Å². The van der Waals surface area contributed by atoms with Gasteiger partial charge in [0.05, 0.1) is 0 Å². The van der Waals surface area contributed by atoms with Gasteiger partial charge in [-0.2, -0.15) is 0 Å². The molecule has 0 bridgehead atoms. The lowest BCUT2D eigenvalue weighted by molar-refractivity contribution is 1.40. The zero-order chi connectivity index (χ0) is 10.2. The summed E-state index contributed by atoms with van der Waals surface area (Å²) in [4.78, 5) is 0. The maximum absolute atomic E-state index is 3.72. The number of allylic oxidation sites excluding steroid dienone is 5. The molecule has 0 radical (unpaired) electrons. The van der Waals surface area contributed by atoms with Gasteiger partial charge in [0, 0.05) is 0 Å². The molecule has 0 saturated carbocycles. The Labute approximate surface area is 86.3 Å². The molecule has 1 rings (SSSR count). The molecule has 1 aromatic carbocycles. The van der Waals surface area contributed by atoms with Gasteiger partial charge in [-0.1, -0.05) is 54.6 Å². The van der Waals surface area contributed by atoms with Gasteiger partial charge in [0.2, 0.25) is 0 Å². The first-order valence-corrected chi connectivity index (χ1v) is 4.87. The summed E-state index contributed by atoms with van der Waals surface area (Å²) in [6.45, 7) is 5.75. The maximum atomic E-state index is 3.72. The Morgan fingerprint density at radius 2 is 2.00 bits per heavy atom. The summed E-state index contributed by atoms with van der Waals surface area (Å²) >= 11 is 0. The second-order valence-corrected chi connectivity index (χ2v) is 3.05. The highest BCUT2D eigenvalue weighted by atomic mass is 14.0. The van der Waals surface area contributed by atoms with Crippen LogP contribution in [0.15, 0.2) is 61.2 Å². The van der Waals surface area contributed by atoms with Gasteiger partial charge in [0.25, 0.3) is 0 Å². The average molecular weight is 184 g/mol. The Morgan fingerprint density at radius 1 is 1.29 bits per heavy atom. The van der Waals surface area contributed by atoms with Crippen molar-refractivity contribution in [1.82, 2.24) is 0 Å². The van der Waals surface area contributed by atoms with Gasteiger partial charge in [-0.05, 0) is 24.5 Å². The van der Waals surface area contributed by atoms with Crippen LogP contribution >= 0.6 is 0 Å². The molecule has 0 saturated heterocycles. The third-order valence-corrected chi connectivity index (χ3v) is 1.96. The topological polar surface area (TPSA) is 0 Å². The number of hydrogen-bond donors (Lipinski definition) is 0. The van der Waals surface area contributed by atoms with E-state index in [2.05, 4.69) is 49.1 Å². The van der Waals surface area contributed by atoms with Crippen molar-refractivity contribution in [3.05, 3.63) is 66.8 Å². The monoisotopic (exact) mass is 184 g/mol. The SMILES string of the molecule is C=CC/C=C(\C=C/C)c1ccccc1. The number of rotatable bonds is 4. The van der Waals surface area contributed by atoms with Gasteiger partial charge in [-0.25, -0.2) is 0 Å². The molecule has 0 aliphatic heterocycles. The zero-order valence-corrected chi connectivity index (χ0v) is 8.61. The standard InChI is InChI=1S/C14H16/c1-3-5-10-13(9-4-2)14-11-7-6-8-12-14/h3-4,6-12H,1,5H2,2H3/b9-4-,13-10+. The summed E-state index contributed by atoms with van der Waals surface area (Å²) in [5.74, 6) is 0. The van der Waals surface area contributed by atoms with E-state index in [4.69, 9.17) is 0 Å². The largest absolute Gasteiger partial charge is 0.103 e. The maximum Gasteiger partial charge on any atom is -0.0163 e. The fraction of sp³-hybridized carbons (Fsp3) is 0.143. The summed E-state index contributed by atoms with van der Waals surface area (Å²) in [6, 6.07) is 10.4. The zero-order valence-electron chi connectivity index (χ0n) is 8.61. The molecule has 72 valence electrons. The molecule has 0 heteroatoms. The molecule has 0 heterocycles. The number of hydrogen-bond acceptors (Lipinski definition) is 0. The van der Waals surface area contributed by atoms with E-state index in [0.29, 0.717) is 0 Å². The molecule has 0 amide bonds. The average Bonchev–Trinajstić information content (AvgIpc) is 2.25. The van der Waals surface area contributed by atoms with Gasteiger partial charge >= 0.3 is 0 Å². The van der Waals surface area contributed by atoms with Crippen LogP contribution in [0, 0.1) is 0 Å². The van der Waals surface area contributed by atoms with Crippen LogP contribution in [0.1, 0.15) is 18.9 Å². The molecule has 0 spiro atoms. The summed E-state index contributed by atoms with van der Waals surface area (Å²) < 4.78 is 0. The second-order valence-electron chi connectivity index (χ2n) is 3.05. The molecule has 0 nitrogen and oxygen atoms in total. The lowest BCUT2D eigenvalue weighted by Gasteiger charge is -2.01. The van der Waals surface area contributed by atoms with Gasteiger partial charge in [-0.15, -0.1) is 6.58 Å². The van der Waals surface area contributed by atoms with Crippen LogP contribution in [0.25, 0.3) is 5.57 Å². The molecule has 0 N–H and O–H groups in total. The minimum Gasteiger partial charge on any atom is -0.103 e.